The standard InChI is InChI=1S/Eu.Lu.Mg.Y.2H/q;;+2;;2*-1. The van der Waals surface area contributed by atoms with Crippen molar-refractivity contribution in [3.63, 3.8) is 0 Å². The molecule has 0 unspecified atom stereocenters. The largest absolute Gasteiger partial charge is 2.00 e. The Kier molecular flexibility index (Phi) is 91.4. The fraction of sp³-hybridized carbons (Fsp3) is 0. The van der Waals surface area contributed by atoms with Crippen LogP contribution in [-0.4, -0.2) is 23.1 Å². The number of rotatable bonds is 0. The Labute approximate surface area is 140 Å². The number of hydrogen-bond donors (Lipinski definition) is 0. The van der Waals surface area contributed by atoms with Crippen LogP contribution in [0.1, 0.15) is 2.85 Å². The van der Waals surface area contributed by atoms with Crippen LogP contribution < -0.4 is 0 Å². The molecule has 0 spiro atoms. The topological polar surface area (TPSA) is 0 Å². The zero-order valence-electron chi connectivity index (χ0n) is 3.92. The van der Waals surface area contributed by atoms with Crippen LogP contribution in [0.25, 0.3) is 0 Å². The molecule has 0 aromatic carbocycles. The summed E-state index contributed by atoms with van der Waals surface area (Å²) in [6, 6.07) is 0. The van der Waals surface area contributed by atoms with E-state index >= 15 is 0 Å². The van der Waals surface area contributed by atoms with Crippen molar-refractivity contribution in [2.45, 2.75) is 0 Å². The van der Waals surface area contributed by atoms with Gasteiger partial charge < -0.3 is 2.85 Å². The summed E-state index contributed by atoms with van der Waals surface area (Å²) in [6.07, 6.45) is 0. The third kappa shape index (κ3) is 9.85. The van der Waals surface area contributed by atoms with Gasteiger partial charge in [0.25, 0.3) is 0 Å². The van der Waals surface area contributed by atoms with Crippen molar-refractivity contribution in [1.29, 1.82) is 0 Å². The fourth-order valence-electron chi connectivity index (χ4n) is 0. The van der Waals surface area contributed by atoms with Crippen molar-refractivity contribution >= 4 is 23.1 Å². The molecule has 0 aliphatic heterocycles. The molecule has 0 amide bonds. The van der Waals surface area contributed by atoms with Crippen molar-refractivity contribution in [1.82, 2.24) is 0 Å². The van der Waals surface area contributed by atoms with E-state index in [1.807, 2.05) is 0 Å². The SMILES string of the molecule is [Eu].[H-].[H-].[Lu].[Mg+2].[Y]. The molecule has 3 radical (unpaired) electrons. The first-order chi connectivity index (χ1) is 0. The summed E-state index contributed by atoms with van der Waals surface area (Å²) in [5.74, 6) is 0. The molecule has 0 atom stereocenters. The van der Waals surface area contributed by atoms with E-state index in [4.69, 9.17) is 0 Å². The maximum atomic E-state index is 0. The van der Waals surface area contributed by atoms with Crippen molar-refractivity contribution in [3.05, 3.63) is 0 Å². The van der Waals surface area contributed by atoms with Gasteiger partial charge in [-0.25, -0.2) is 0 Å². The predicted octanol–water partition coefficient (Wildman–Crippen LogP) is -0.158. The molecular weight excluding hydrogens is 440 g/mol. The Morgan fingerprint density at radius 3 is 1.25 bits per heavy atom. The van der Waals surface area contributed by atoms with Gasteiger partial charge in [-0.15, -0.1) is 0 Å². The molecule has 0 saturated carbocycles. The summed E-state index contributed by atoms with van der Waals surface area (Å²) in [5, 5.41) is 0. The van der Waals surface area contributed by atoms with Gasteiger partial charge in [0, 0.05) is 119 Å². The Hall–Kier alpha value is 4.69. The van der Waals surface area contributed by atoms with Gasteiger partial charge >= 0.3 is 23.1 Å². The van der Waals surface area contributed by atoms with E-state index in [9.17, 15) is 0 Å². The summed E-state index contributed by atoms with van der Waals surface area (Å²) in [7, 11) is 0. The van der Waals surface area contributed by atoms with E-state index in [2.05, 4.69) is 0 Å². The molecule has 0 fully saturated rings. The molecule has 0 rings (SSSR count). The van der Waals surface area contributed by atoms with Gasteiger partial charge in [0.2, 0.25) is 0 Å². The summed E-state index contributed by atoms with van der Waals surface area (Å²) in [4.78, 5) is 0. The minimum atomic E-state index is 0. The monoisotopic (exact) mass is 443 g/mol. The third-order valence-electron chi connectivity index (χ3n) is 0. The first kappa shape index (κ1) is 23.4. The van der Waals surface area contributed by atoms with E-state index < -0.39 is 0 Å². The average Bonchev–Trinajstić information content (AvgIpc) is 0. The van der Waals surface area contributed by atoms with Crippen LogP contribution in [-0.2, 0) is 32.7 Å². The predicted molar refractivity (Wildman–Crippen MR) is 7.98 cm³/mol. The van der Waals surface area contributed by atoms with Crippen LogP contribution in [0.5, 0.6) is 0 Å². The van der Waals surface area contributed by atoms with Gasteiger partial charge in [-0.05, 0) is 0 Å². The molecule has 0 bridgehead atoms. The maximum absolute atomic E-state index is 0. The van der Waals surface area contributed by atoms with Gasteiger partial charge in [0.05, 0.1) is 0 Å². The Bertz CT molecular complexity index is 13.5. The van der Waals surface area contributed by atoms with Crippen molar-refractivity contribution < 1.29 is 122 Å². The fourth-order valence-corrected chi connectivity index (χ4v) is 0. The van der Waals surface area contributed by atoms with E-state index in [1.54, 1.807) is 0 Å². The van der Waals surface area contributed by atoms with Gasteiger partial charge in [-0.2, -0.15) is 0 Å². The minimum absolute atomic E-state index is 0. The normalized spacial score (nSPS) is 0. The Morgan fingerprint density at radius 2 is 1.25 bits per heavy atom. The quantitative estimate of drug-likeness (QED) is 0.458. The van der Waals surface area contributed by atoms with Crippen molar-refractivity contribution in [2.24, 2.45) is 0 Å². The second-order valence-corrected chi connectivity index (χ2v) is 0. The molecule has 4 heavy (non-hydrogen) atoms. The van der Waals surface area contributed by atoms with Crippen molar-refractivity contribution in [2.75, 3.05) is 0 Å². The summed E-state index contributed by atoms with van der Waals surface area (Å²) in [6.45, 7) is 0. The third-order valence-corrected chi connectivity index (χ3v) is 0. The molecule has 0 saturated heterocycles. The van der Waals surface area contributed by atoms with Gasteiger partial charge in [-0.1, -0.05) is 0 Å². The zero-order chi connectivity index (χ0) is 0. The average molecular weight is 442 g/mol. The molecule has 0 aromatic heterocycles. The van der Waals surface area contributed by atoms with E-state index in [-0.39, 0.29) is 145 Å². The molecule has 0 N–H and O–H groups in total. The van der Waals surface area contributed by atoms with Crippen LogP contribution in [0.4, 0.5) is 0 Å². The van der Waals surface area contributed by atoms with Crippen LogP contribution in [0.15, 0.2) is 0 Å². The van der Waals surface area contributed by atoms with E-state index in [0.29, 0.717) is 0 Å². The van der Waals surface area contributed by atoms with Gasteiger partial charge in [0.1, 0.15) is 0 Å². The molecular formula is H2EuLuMgY. The van der Waals surface area contributed by atoms with Crippen LogP contribution in [0, 0.1) is 86.3 Å². The van der Waals surface area contributed by atoms with Crippen LogP contribution >= 0.6 is 0 Å². The summed E-state index contributed by atoms with van der Waals surface area (Å²) < 4.78 is 0. The maximum Gasteiger partial charge on any atom is 2.00 e. The summed E-state index contributed by atoms with van der Waals surface area (Å²) in [5.41, 5.74) is 0. The minimum Gasteiger partial charge on any atom is -1.00 e. The van der Waals surface area contributed by atoms with Crippen molar-refractivity contribution in [3.8, 4) is 0 Å². The number of hydrogen-bond acceptors (Lipinski definition) is 0. The first-order valence-corrected chi connectivity index (χ1v) is 0. The molecule has 0 heterocycles. The van der Waals surface area contributed by atoms with Crippen LogP contribution in [0.2, 0.25) is 0 Å². The Balaban J connectivity index is 0. The molecule has 0 aliphatic carbocycles. The molecule has 29 valence electrons. The van der Waals surface area contributed by atoms with Gasteiger partial charge in [-0.3, -0.25) is 0 Å². The summed E-state index contributed by atoms with van der Waals surface area (Å²) >= 11 is 0. The second-order valence-electron chi connectivity index (χ2n) is 0. The van der Waals surface area contributed by atoms with Gasteiger partial charge in [0.15, 0.2) is 0 Å². The smallest absolute Gasteiger partial charge is 1.00 e. The molecule has 4 heteroatoms. The van der Waals surface area contributed by atoms with E-state index in [1.165, 1.54) is 0 Å². The molecule has 0 aromatic rings. The first-order valence-electron chi connectivity index (χ1n) is 0. The van der Waals surface area contributed by atoms with E-state index in [0.717, 1.165) is 0 Å². The molecule has 0 nitrogen and oxygen atoms in total. The molecule has 0 aliphatic rings. The van der Waals surface area contributed by atoms with Crippen LogP contribution in [0.3, 0.4) is 0 Å². The Morgan fingerprint density at radius 1 is 1.25 bits per heavy atom. The zero-order valence-corrected chi connectivity index (χ0v) is 10.3. The second kappa shape index (κ2) is 15.6.